The minimum Gasteiger partial charge on any atom is -0.469 e. The molecule has 0 saturated heterocycles. The molecule has 0 bridgehead atoms. The second-order valence-electron chi connectivity index (χ2n) is 5.50. The second kappa shape index (κ2) is 8.01. The molecule has 2 aromatic rings. The number of H-pyrrole nitrogens is 1. The summed E-state index contributed by atoms with van der Waals surface area (Å²) < 4.78 is 9.43. The van der Waals surface area contributed by atoms with Crippen LogP contribution in [0.1, 0.15) is 27.3 Å². The van der Waals surface area contributed by atoms with Gasteiger partial charge < -0.3 is 14.5 Å². The Hall–Kier alpha value is -3.53. The number of carbonyl (C=O) groups is 3. The number of aromatic nitrogens is 3. The molecule has 0 saturated carbocycles. The summed E-state index contributed by atoms with van der Waals surface area (Å²) in [5.41, 5.74) is 3.47. The van der Waals surface area contributed by atoms with Gasteiger partial charge in [0.25, 0.3) is 5.91 Å². The third-order valence-corrected chi connectivity index (χ3v) is 4.20. The Balaban J connectivity index is 2.11. The van der Waals surface area contributed by atoms with Gasteiger partial charge in [0.2, 0.25) is 0 Å². The molecular formula is C17H14ClN5O5. The first-order valence-corrected chi connectivity index (χ1v) is 8.26. The number of halogens is 1. The number of amides is 1. The number of esters is 2. The Labute approximate surface area is 163 Å². The van der Waals surface area contributed by atoms with Gasteiger partial charge in [-0.25, -0.2) is 10.2 Å². The highest BCUT2D eigenvalue weighted by Crippen LogP contribution is 2.28. The smallest absolute Gasteiger partial charge is 0.340 e. The molecule has 0 unspecified atom stereocenters. The van der Waals surface area contributed by atoms with E-state index in [1.54, 1.807) is 0 Å². The van der Waals surface area contributed by atoms with Crippen LogP contribution in [0.2, 0.25) is 5.15 Å². The zero-order valence-corrected chi connectivity index (χ0v) is 15.5. The van der Waals surface area contributed by atoms with Gasteiger partial charge in [-0.3, -0.25) is 19.6 Å². The fraction of sp³-hybridized carbons (Fsp3) is 0.176. The second-order valence-corrected chi connectivity index (χ2v) is 5.88. The molecule has 0 fully saturated rings. The first kappa shape index (κ1) is 19.2. The lowest BCUT2D eigenvalue weighted by Crippen LogP contribution is -2.15. The first-order valence-electron chi connectivity index (χ1n) is 7.88. The number of hydrazone groups is 1. The van der Waals surface area contributed by atoms with Gasteiger partial charge in [-0.1, -0.05) is 11.6 Å². The van der Waals surface area contributed by atoms with E-state index in [9.17, 15) is 14.4 Å². The Bertz CT molecular complexity index is 1010. The van der Waals surface area contributed by atoms with Gasteiger partial charge in [0.1, 0.15) is 16.6 Å². The Morgan fingerprint density at radius 1 is 1.25 bits per heavy atom. The molecule has 0 atom stereocenters. The molecule has 2 aromatic heterocycles. The van der Waals surface area contributed by atoms with Crippen molar-refractivity contribution in [3.05, 3.63) is 51.8 Å². The van der Waals surface area contributed by atoms with Crippen LogP contribution < -0.4 is 5.43 Å². The van der Waals surface area contributed by atoms with E-state index in [1.807, 2.05) is 0 Å². The molecule has 3 heterocycles. The number of aromatic amines is 1. The lowest BCUT2D eigenvalue weighted by molar-refractivity contribution is -0.139. The van der Waals surface area contributed by atoms with Crippen molar-refractivity contribution >= 4 is 41.2 Å². The van der Waals surface area contributed by atoms with E-state index in [4.69, 9.17) is 16.3 Å². The highest BCUT2D eigenvalue weighted by atomic mass is 35.5. The predicted octanol–water partition coefficient (Wildman–Crippen LogP) is 0.878. The van der Waals surface area contributed by atoms with Gasteiger partial charge in [0.05, 0.1) is 43.7 Å². The number of ether oxygens (including phenoxy) is 2. The van der Waals surface area contributed by atoms with E-state index in [0.717, 1.165) is 0 Å². The van der Waals surface area contributed by atoms with E-state index in [0.29, 0.717) is 5.69 Å². The standard InChI is InChI=1S/C17H14ClN5O5/c1-27-12(24)6-8-13(17(26)28-2)10(21-15(8)18)5-9-14(22-23-16(9)25)11-7-19-3-4-20-11/h3-5,7,21H,6H2,1-2H3,(H,23,25)/b9-5+. The molecule has 0 aromatic carbocycles. The van der Waals surface area contributed by atoms with Gasteiger partial charge >= 0.3 is 11.9 Å². The van der Waals surface area contributed by atoms with Crippen molar-refractivity contribution < 1.29 is 23.9 Å². The van der Waals surface area contributed by atoms with Gasteiger partial charge in [-0.2, -0.15) is 5.10 Å². The van der Waals surface area contributed by atoms with Gasteiger partial charge in [-0.15, -0.1) is 0 Å². The van der Waals surface area contributed by atoms with Crippen molar-refractivity contribution in [2.75, 3.05) is 14.2 Å². The fourth-order valence-electron chi connectivity index (χ4n) is 2.58. The summed E-state index contributed by atoms with van der Waals surface area (Å²) in [6.07, 6.45) is 5.51. The summed E-state index contributed by atoms with van der Waals surface area (Å²) in [5.74, 6) is -1.83. The summed E-state index contributed by atoms with van der Waals surface area (Å²) in [7, 11) is 2.41. The zero-order valence-electron chi connectivity index (χ0n) is 14.8. The molecule has 1 aliphatic heterocycles. The fourth-order valence-corrected chi connectivity index (χ4v) is 2.85. The van der Waals surface area contributed by atoms with Gasteiger partial charge in [-0.05, 0) is 6.08 Å². The summed E-state index contributed by atoms with van der Waals surface area (Å²) >= 11 is 6.17. The molecule has 10 nitrogen and oxygen atoms in total. The van der Waals surface area contributed by atoms with Gasteiger partial charge in [0.15, 0.2) is 0 Å². The SMILES string of the molecule is COC(=O)Cc1c(Cl)[nH]c(/C=C2/C(=O)NN=C2c2cnccn2)c1C(=O)OC. The summed E-state index contributed by atoms with van der Waals surface area (Å²) in [4.78, 5) is 47.1. The number of carbonyl (C=O) groups excluding carboxylic acids is 3. The summed E-state index contributed by atoms with van der Waals surface area (Å²) in [6.45, 7) is 0. The number of nitrogens with zero attached hydrogens (tertiary/aromatic N) is 3. The molecule has 11 heteroatoms. The van der Waals surface area contributed by atoms with Crippen LogP contribution in [0.3, 0.4) is 0 Å². The highest BCUT2D eigenvalue weighted by Gasteiger charge is 2.29. The maximum Gasteiger partial charge on any atom is 0.340 e. The van der Waals surface area contributed by atoms with Crippen LogP contribution in [0.5, 0.6) is 0 Å². The predicted molar refractivity (Wildman–Crippen MR) is 97.6 cm³/mol. The number of methoxy groups -OCH3 is 2. The van der Waals surface area contributed by atoms with Crippen molar-refractivity contribution in [2.24, 2.45) is 5.10 Å². The van der Waals surface area contributed by atoms with Crippen molar-refractivity contribution in [1.29, 1.82) is 0 Å². The van der Waals surface area contributed by atoms with Crippen LogP contribution >= 0.6 is 11.6 Å². The highest BCUT2D eigenvalue weighted by molar-refractivity contribution is 6.33. The maximum absolute atomic E-state index is 12.3. The lowest BCUT2D eigenvalue weighted by Gasteiger charge is -2.04. The van der Waals surface area contributed by atoms with Crippen molar-refractivity contribution in [3.63, 3.8) is 0 Å². The first-order chi connectivity index (χ1) is 13.5. The van der Waals surface area contributed by atoms with Gasteiger partial charge in [0, 0.05) is 18.0 Å². The van der Waals surface area contributed by atoms with Crippen LogP contribution in [0, 0.1) is 0 Å². The molecule has 0 radical (unpaired) electrons. The number of hydrogen-bond acceptors (Lipinski definition) is 8. The normalized spacial score (nSPS) is 14.6. The Kier molecular flexibility index (Phi) is 5.50. The molecule has 3 rings (SSSR count). The third-order valence-electron chi connectivity index (χ3n) is 3.88. The quantitative estimate of drug-likeness (QED) is 0.558. The minimum atomic E-state index is -0.731. The monoisotopic (exact) mass is 403 g/mol. The largest absolute Gasteiger partial charge is 0.469 e. The minimum absolute atomic E-state index is 0.0172. The number of rotatable bonds is 5. The van der Waals surface area contributed by atoms with E-state index in [1.165, 1.54) is 38.9 Å². The average Bonchev–Trinajstić information content (AvgIpc) is 3.22. The van der Waals surface area contributed by atoms with Crippen LogP contribution in [0.25, 0.3) is 6.08 Å². The molecule has 28 heavy (non-hydrogen) atoms. The van der Waals surface area contributed by atoms with Crippen LogP contribution in [-0.4, -0.2) is 52.7 Å². The topological polar surface area (TPSA) is 136 Å². The van der Waals surface area contributed by atoms with Crippen LogP contribution in [0.15, 0.2) is 29.3 Å². The van der Waals surface area contributed by atoms with Crippen molar-refractivity contribution in [3.8, 4) is 0 Å². The van der Waals surface area contributed by atoms with E-state index >= 15 is 0 Å². The van der Waals surface area contributed by atoms with E-state index in [-0.39, 0.29) is 39.7 Å². The molecule has 1 aliphatic rings. The molecule has 0 aliphatic carbocycles. The Morgan fingerprint density at radius 3 is 2.68 bits per heavy atom. The third kappa shape index (κ3) is 3.62. The van der Waals surface area contributed by atoms with Crippen molar-refractivity contribution in [1.82, 2.24) is 20.4 Å². The lowest BCUT2D eigenvalue weighted by atomic mass is 10.0. The van der Waals surface area contributed by atoms with Crippen LogP contribution in [-0.2, 0) is 25.5 Å². The average molecular weight is 404 g/mol. The number of hydrogen-bond donors (Lipinski definition) is 2. The van der Waals surface area contributed by atoms with Crippen LogP contribution in [0.4, 0.5) is 0 Å². The molecule has 144 valence electrons. The molecule has 2 N–H and O–H groups in total. The number of nitrogens with one attached hydrogen (secondary N) is 2. The molecule has 1 amide bonds. The summed E-state index contributed by atoms with van der Waals surface area (Å²) in [5, 5.41) is 4.01. The van der Waals surface area contributed by atoms with Crippen molar-refractivity contribution in [2.45, 2.75) is 6.42 Å². The van der Waals surface area contributed by atoms with E-state index in [2.05, 4.69) is 30.2 Å². The molecular weight excluding hydrogens is 390 g/mol. The van der Waals surface area contributed by atoms with E-state index < -0.39 is 17.8 Å². The maximum atomic E-state index is 12.3. The Morgan fingerprint density at radius 2 is 2.04 bits per heavy atom. The summed E-state index contributed by atoms with van der Waals surface area (Å²) in [6, 6.07) is 0. The zero-order chi connectivity index (χ0) is 20.3. The molecule has 0 spiro atoms.